The van der Waals surface area contributed by atoms with Crippen LogP contribution in [-0.2, 0) is 18.0 Å². The molecule has 0 radical (unpaired) electrons. The summed E-state index contributed by atoms with van der Waals surface area (Å²) < 4.78 is 40.4. The molecule has 1 aliphatic rings. The number of fused-ring (bicyclic) bond motifs is 1. The quantitative estimate of drug-likeness (QED) is 0.872. The Bertz CT molecular complexity index is 873. The topological polar surface area (TPSA) is 62.5 Å². The van der Waals surface area contributed by atoms with Gasteiger partial charge in [-0.25, -0.2) is 0 Å². The van der Waals surface area contributed by atoms with Gasteiger partial charge in [-0.3, -0.25) is 9.59 Å². The maximum absolute atomic E-state index is 12.9. The summed E-state index contributed by atoms with van der Waals surface area (Å²) in [6, 6.07) is 4.94. The first kappa shape index (κ1) is 19.3. The second kappa shape index (κ2) is 7.25. The summed E-state index contributed by atoms with van der Waals surface area (Å²) in [5.74, 6) is -0.958. The van der Waals surface area contributed by atoms with Crippen LogP contribution in [0.3, 0.4) is 0 Å². The first-order chi connectivity index (χ1) is 12.7. The van der Waals surface area contributed by atoms with Crippen molar-refractivity contribution in [2.45, 2.75) is 31.9 Å². The molecule has 5 nitrogen and oxygen atoms in total. The number of piperidine rings is 1. The molecule has 8 heteroatoms. The van der Waals surface area contributed by atoms with E-state index in [9.17, 15) is 22.8 Å². The number of aromatic nitrogens is 1. The number of hydrogen-bond donors (Lipinski definition) is 1. The molecule has 3 rings (SSSR count). The van der Waals surface area contributed by atoms with Crippen LogP contribution in [0.5, 0.6) is 0 Å². The Morgan fingerprint density at radius 2 is 2.00 bits per heavy atom. The number of carbonyl (C=O) groups is 2. The SMILES string of the molecule is Cn1c(C(=O)N2CCCC(CCC(=O)O)C2)cc2cc(C(F)(F)F)ccc21. The smallest absolute Gasteiger partial charge is 0.416 e. The van der Waals surface area contributed by atoms with Gasteiger partial charge in [0.1, 0.15) is 5.69 Å². The van der Waals surface area contributed by atoms with Crippen LogP contribution in [0.1, 0.15) is 41.7 Å². The van der Waals surface area contributed by atoms with Crippen LogP contribution in [0.2, 0.25) is 0 Å². The van der Waals surface area contributed by atoms with Gasteiger partial charge in [0.05, 0.1) is 5.56 Å². The number of carbonyl (C=O) groups excluding carboxylic acids is 1. The molecule has 146 valence electrons. The fraction of sp³-hybridized carbons (Fsp3) is 0.474. The number of aryl methyl sites for hydroxylation is 1. The van der Waals surface area contributed by atoms with Crippen molar-refractivity contribution in [2.24, 2.45) is 13.0 Å². The first-order valence-corrected chi connectivity index (χ1v) is 8.84. The largest absolute Gasteiger partial charge is 0.481 e. The van der Waals surface area contributed by atoms with Gasteiger partial charge in [0.25, 0.3) is 5.91 Å². The molecular formula is C19H21F3N2O3. The van der Waals surface area contributed by atoms with Crippen molar-refractivity contribution in [3.05, 3.63) is 35.5 Å². The number of likely N-dealkylation sites (tertiary alicyclic amines) is 1. The minimum atomic E-state index is -4.43. The number of rotatable bonds is 4. The molecule has 0 bridgehead atoms. The molecule has 1 amide bonds. The van der Waals surface area contributed by atoms with Crippen molar-refractivity contribution < 1.29 is 27.9 Å². The molecule has 2 heterocycles. The molecule has 0 saturated carbocycles. The van der Waals surface area contributed by atoms with E-state index in [4.69, 9.17) is 5.11 Å². The van der Waals surface area contributed by atoms with Crippen LogP contribution < -0.4 is 0 Å². The first-order valence-electron chi connectivity index (χ1n) is 8.84. The van der Waals surface area contributed by atoms with Crippen molar-refractivity contribution >= 4 is 22.8 Å². The van der Waals surface area contributed by atoms with Crippen molar-refractivity contribution in [1.82, 2.24) is 9.47 Å². The molecule has 1 N–H and O–H groups in total. The molecular weight excluding hydrogens is 361 g/mol. The van der Waals surface area contributed by atoms with Crippen molar-refractivity contribution in [2.75, 3.05) is 13.1 Å². The van der Waals surface area contributed by atoms with Crippen molar-refractivity contribution in [3.8, 4) is 0 Å². The average molecular weight is 382 g/mol. The maximum Gasteiger partial charge on any atom is 0.416 e. The number of nitrogens with zero attached hydrogens (tertiary/aromatic N) is 2. The number of amides is 1. The summed E-state index contributed by atoms with van der Waals surface area (Å²) in [5, 5.41) is 9.20. The van der Waals surface area contributed by atoms with Gasteiger partial charge in [0.15, 0.2) is 0 Å². The standard InChI is InChI=1S/C19H21F3N2O3/c1-23-15-6-5-14(19(20,21)22)9-13(15)10-16(23)18(27)24-8-2-3-12(11-24)4-7-17(25)26/h5-6,9-10,12H,2-4,7-8,11H2,1H3,(H,25,26). The highest BCUT2D eigenvalue weighted by Gasteiger charge is 2.31. The number of alkyl halides is 3. The molecule has 0 aliphatic carbocycles. The molecule has 1 atom stereocenters. The summed E-state index contributed by atoms with van der Waals surface area (Å²) in [6.45, 7) is 1.04. The number of carboxylic acids is 1. The van der Waals surface area contributed by atoms with Crippen molar-refractivity contribution in [3.63, 3.8) is 0 Å². The van der Waals surface area contributed by atoms with E-state index in [-0.39, 0.29) is 18.2 Å². The van der Waals surface area contributed by atoms with Crippen LogP contribution >= 0.6 is 0 Å². The molecule has 27 heavy (non-hydrogen) atoms. The lowest BCUT2D eigenvalue weighted by atomic mass is 9.93. The monoisotopic (exact) mass is 382 g/mol. The lowest BCUT2D eigenvalue weighted by molar-refractivity contribution is -0.138. The normalized spacial score (nSPS) is 18.1. The van der Waals surface area contributed by atoms with Gasteiger partial charge >= 0.3 is 12.1 Å². The Hall–Kier alpha value is -2.51. The lowest BCUT2D eigenvalue weighted by Gasteiger charge is -2.32. The second-order valence-corrected chi connectivity index (χ2v) is 7.05. The molecule has 1 unspecified atom stereocenters. The fourth-order valence-corrected chi connectivity index (χ4v) is 3.71. The second-order valence-electron chi connectivity index (χ2n) is 7.05. The van der Waals surface area contributed by atoms with Crippen molar-refractivity contribution in [1.29, 1.82) is 0 Å². The third kappa shape index (κ3) is 4.09. The molecule has 1 aromatic carbocycles. The highest BCUT2D eigenvalue weighted by atomic mass is 19.4. The Kier molecular flexibility index (Phi) is 5.17. The molecule has 1 fully saturated rings. The zero-order chi connectivity index (χ0) is 19.8. The Balaban J connectivity index is 1.82. The summed E-state index contributed by atoms with van der Waals surface area (Å²) in [4.78, 5) is 25.4. The molecule has 1 aromatic heterocycles. The minimum absolute atomic E-state index is 0.0704. The summed E-state index contributed by atoms with van der Waals surface area (Å²) in [6.07, 6.45) is -2.18. The summed E-state index contributed by atoms with van der Waals surface area (Å²) in [7, 11) is 1.66. The van der Waals surface area contributed by atoms with Gasteiger partial charge in [0, 0.05) is 37.5 Å². The molecule has 1 saturated heterocycles. The summed E-state index contributed by atoms with van der Waals surface area (Å²) in [5.41, 5.74) is 0.153. The van der Waals surface area contributed by atoms with E-state index in [0.717, 1.165) is 25.0 Å². The lowest BCUT2D eigenvalue weighted by Crippen LogP contribution is -2.40. The predicted molar refractivity (Wildman–Crippen MR) is 93.4 cm³/mol. The van der Waals surface area contributed by atoms with Crippen LogP contribution in [0.25, 0.3) is 10.9 Å². The molecule has 1 aliphatic heterocycles. The van der Waals surface area contributed by atoms with Gasteiger partial charge < -0.3 is 14.6 Å². The predicted octanol–water partition coefficient (Wildman–Crippen LogP) is 3.91. The zero-order valence-corrected chi connectivity index (χ0v) is 14.9. The van der Waals surface area contributed by atoms with E-state index in [2.05, 4.69) is 0 Å². The maximum atomic E-state index is 12.9. The van der Waals surface area contributed by atoms with Gasteiger partial charge in [-0.05, 0) is 49.4 Å². The number of halogens is 3. The van der Waals surface area contributed by atoms with E-state index in [1.807, 2.05) is 0 Å². The van der Waals surface area contributed by atoms with E-state index in [1.54, 1.807) is 16.5 Å². The number of benzene rings is 1. The van der Waals surface area contributed by atoms with Gasteiger partial charge in [-0.1, -0.05) is 0 Å². The van der Waals surface area contributed by atoms with Gasteiger partial charge in [0.2, 0.25) is 0 Å². The Labute approximate surface area is 154 Å². The fourth-order valence-electron chi connectivity index (χ4n) is 3.71. The van der Waals surface area contributed by atoms with Crippen LogP contribution in [0.4, 0.5) is 13.2 Å². The van der Waals surface area contributed by atoms with E-state index in [1.165, 1.54) is 12.1 Å². The van der Waals surface area contributed by atoms with E-state index < -0.39 is 17.7 Å². The minimum Gasteiger partial charge on any atom is -0.481 e. The van der Waals surface area contributed by atoms with Gasteiger partial charge in [-0.15, -0.1) is 0 Å². The number of hydrogen-bond acceptors (Lipinski definition) is 2. The molecule has 2 aromatic rings. The van der Waals surface area contributed by atoms with Crippen LogP contribution in [-0.4, -0.2) is 39.5 Å². The third-order valence-corrected chi connectivity index (χ3v) is 5.16. The zero-order valence-electron chi connectivity index (χ0n) is 14.9. The van der Waals surface area contributed by atoms with Crippen LogP contribution in [0, 0.1) is 5.92 Å². The molecule has 0 spiro atoms. The van der Waals surface area contributed by atoms with Crippen LogP contribution in [0.15, 0.2) is 24.3 Å². The Morgan fingerprint density at radius 1 is 1.26 bits per heavy atom. The highest BCUT2D eigenvalue weighted by molar-refractivity contribution is 5.99. The number of carboxylic acid groups (broad SMARTS) is 1. The van der Waals surface area contributed by atoms with E-state index in [0.29, 0.717) is 36.1 Å². The van der Waals surface area contributed by atoms with E-state index >= 15 is 0 Å². The summed E-state index contributed by atoms with van der Waals surface area (Å²) >= 11 is 0. The average Bonchev–Trinajstić information content (AvgIpc) is 2.95. The third-order valence-electron chi connectivity index (χ3n) is 5.16. The highest BCUT2D eigenvalue weighted by Crippen LogP contribution is 2.32. The Morgan fingerprint density at radius 3 is 2.67 bits per heavy atom. The van der Waals surface area contributed by atoms with Gasteiger partial charge in [-0.2, -0.15) is 13.2 Å². The number of aliphatic carboxylic acids is 1.